The molecule has 0 aliphatic heterocycles. The van der Waals surface area contributed by atoms with Gasteiger partial charge < -0.3 is 15.4 Å². The summed E-state index contributed by atoms with van der Waals surface area (Å²) in [5.74, 6) is -1.94. The molecule has 0 fully saturated rings. The molecule has 0 heterocycles. The van der Waals surface area contributed by atoms with Gasteiger partial charge in [-0.2, -0.15) is 13.2 Å². The van der Waals surface area contributed by atoms with Crippen LogP contribution in [0.5, 0.6) is 0 Å². The molecular weight excluding hydrogens is 389 g/mol. The number of hydrogen-bond acceptors (Lipinski definition) is 7. The van der Waals surface area contributed by atoms with Gasteiger partial charge >= 0.3 is 18.2 Å². The van der Waals surface area contributed by atoms with Crippen LogP contribution in [0.4, 0.5) is 29.3 Å². The lowest BCUT2D eigenvalue weighted by atomic mass is 10.1. The zero-order chi connectivity index (χ0) is 21.6. The van der Waals surface area contributed by atoms with Gasteiger partial charge in [0.2, 0.25) is 0 Å². The summed E-state index contributed by atoms with van der Waals surface area (Å²) in [6, 6.07) is -0.302. The van der Waals surface area contributed by atoms with E-state index in [1.54, 1.807) is 0 Å². The van der Waals surface area contributed by atoms with Gasteiger partial charge in [-0.25, -0.2) is 9.59 Å². The van der Waals surface area contributed by atoms with E-state index in [1.807, 2.05) is 5.32 Å². The Morgan fingerprint density at radius 3 is 2.32 bits per heavy atom. The molecule has 0 radical (unpaired) electrons. The van der Waals surface area contributed by atoms with E-state index < -0.39 is 52.4 Å². The Kier molecular flexibility index (Phi) is 7.29. The lowest BCUT2D eigenvalue weighted by molar-refractivity contribution is -0.384. The molecule has 1 aromatic rings. The van der Waals surface area contributed by atoms with Gasteiger partial charge in [0.1, 0.15) is 11.7 Å². The number of nitro benzene ring substituents is 1. The van der Waals surface area contributed by atoms with Crippen molar-refractivity contribution in [3.63, 3.8) is 0 Å². The maximum Gasteiger partial charge on any atom is 0.416 e. The number of carbonyl (C=O) groups excluding carboxylic acids is 3. The van der Waals surface area contributed by atoms with Crippen molar-refractivity contribution in [2.45, 2.75) is 32.2 Å². The van der Waals surface area contributed by atoms with E-state index in [9.17, 15) is 37.7 Å². The summed E-state index contributed by atoms with van der Waals surface area (Å²) < 4.78 is 42.9. The first-order chi connectivity index (χ1) is 12.9. The van der Waals surface area contributed by atoms with E-state index in [4.69, 9.17) is 4.74 Å². The van der Waals surface area contributed by atoms with Gasteiger partial charge in [-0.05, 0) is 26.0 Å². The molecule has 0 saturated heterocycles. The second-order valence-electron chi connectivity index (χ2n) is 5.50. The maximum absolute atomic E-state index is 12.7. The Morgan fingerprint density at radius 1 is 1.21 bits per heavy atom. The Balaban J connectivity index is 2.87. The van der Waals surface area contributed by atoms with E-state index in [-0.39, 0.29) is 5.69 Å². The number of ether oxygens (including phenoxy) is 1. The standard InChI is InChI=1S/C15H17F3N4O6/c1-7(13(24)28-8(2)12(23)21-14(25)19-3)20-10-5-4-9(15(16,17)18)6-11(10)22(26)27/h4-8,20H,1-3H3,(H2,19,21,23,25)/t7-,8+/m0/s1. The van der Waals surface area contributed by atoms with Crippen molar-refractivity contribution in [3.05, 3.63) is 33.9 Å². The van der Waals surface area contributed by atoms with Crippen LogP contribution in [0.3, 0.4) is 0 Å². The summed E-state index contributed by atoms with van der Waals surface area (Å²) in [4.78, 5) is 44.7. The van der Waals surface area contributed by atoms with E-state index in [0.29, 0.717) is 12.1 Å². The molecule has 28 heavy (non-hydrogen) atoms. The molecule has 154 valence electrons. The van der Waals surface area contributed by atoms with Crippen LogP contribution >= 0.6 is 0 Å². The predicted molar refractivity (Wildman–Crippen MR) is 89.3 cm³/mol. The predicted octanol–water partition coefficient (Wildman–Crippen LogP) is 1.80. The molecule has 0 saturated carbocycles. The Hall–Kier alpha value is -3.38. The number of nitro groups is 1. The van der Waals surface area contributed by atoms with Crippen molar-refractivity contribution in [2.24, 2.45) is 0 Å². The van der Waals surface area contributed by atoms with Crippen molar-refractivity contribution in [2.75, 3.05) is 12.4 Å². The van der Waals surface area contributed by atoms with Gasteiger partial charge in [-0.1, -0.05) is 0 Å². The van der Waals surface area contributed by atoms with E-state index in [2.05, 4.69) is 10.6 Å². The van der Waals surface area contributed by atoms with Crippen LogP contribution in [-0.2, 0) is 20.5 Å². The van der Waals surface area contributed by atoms with Crippen molar-refractivity contribution < 1.29 is 37.2 Å². The lowest BCUT2D eigenvalue weighted by Crippen LogP contribution is -2.44. The number of hydrogen-bond donors (Lipinski definition) is 3. The molecule has 1 aromatic carbocycles. The number of nitrogens with one attached hydrogen (secondary N) is 3. The number of amides is 3. The van der Waals surface area contributed by atoms with Crippen LogP contribution < -0.4 is 16.0 Å². The summed E-state index contributed by atoms with van der Waals surface area (Å²) in [5, 5.41) is 17.4. The minimum Gasteiger partial charge on any atom is -0.451 e. The van der Waals surface area contributed by atoms with Crippen molar-refractivity contribution in [1.82, 2.24) is 10.6 Å². The summed E-state index contributed by atoms with van der Waals surface area (Å²) >= 11 is 0. The topological polar surface area (TPSA) is 140 Å². The zero-order valence-electron chi connectivity index (χ0n) is 14.9. The zero-order valence-corrected chi connectivity index (χ0v) is 14.9. The van der Waals surface area contributed by atoms with Gasteiger partial charge in [0.05, 0.1) is 10.5 Å². The number of anilines is 1. The summed E-state index contributed by atoms with van der Waals surface area (Å²) in [6.45, 7) is 2.41. The third kappa shape index (κ3) is 6.10. The average molecular weight is 406 g/mol. The van der Waals surface area contributed by atoms with Crippen LogP contribution in [0.25, 0.3) is 0 Å². The van der Waals surface area contributed by atoms with Crippen LogP contribution in [-0.4, -0.2) is 42.0 Å². The molecule has 2 atom stereocenters. The first kappa shape index (κ1) is 22.7. The highest BCUT2D eigenvalue weighted by atomic mass is 19.4. The Morgan fingerprint density at radius 2 is 1.82 bits per heavy atom. The molecular formula is C15H17F3N4O6. The largest absolute Gasteiger partial charge is 0.451 e. The van der Waals surface area contributed by atoms with Crippen molar-refractivity contribution in [1.29, 1.82) is 0 Å². The average Bonchev–Trinajstić information content (AvgIpc) is 2.60. The minimum atomic E-state index is -4.78. The smallest absolute Gasteiger partial charge is 0.416 e. The van der Waals surface area contributed by atoms with Crippen LogP contribution in [0.1, 0.15) is 19.4 Å². The van der Waals surface area contributed by atoms with E-state index in [0.717, 1.165) is 6.07 Å². The van der Waals surface area contributed by atoms with Gasteiger partial charge in [-0.15, -0.1) is 0 Å². The van der Waals surface area contributed by atoms with Crippen LogP contribution in [0.2, 0.25) is 0 Å². The van der Waals surface area contributed by atoms with Gasteiger partial charge in [0.15, 0.2) is 6.10 Å². The number of alkyl halides is 3. The number of esters is 1. The molecule has 10 nitrogen and oxygen atoms in total. The highest BCUT2D eigenvalue weighted by Gasteiger charge is 2.33. The third-order valence-corrected chi connectivity index (χ3v) is 3.37. The minimum absolute atomic E-state index is 0.333. The Labute approximate surface area is 156 Å². The van der Waals surface area contributed by atoms with Gasteiger partial charge in [0, 0.05) is 13.1 Å². The number of halogens is 3. The molecule has 13 heteroatoms. The number of carbonyl (C=O) groups is 3. The number of benzene rings is 1. The van der Waals surface area contributed by atoms with Crippen molar-refractivity contribution in [3.8, 4) is 0 Å². The molecule has 3 N–H and O–H groups in total. The summed E-state index contributed by atoms with van der Waals surface area (Å²) in [6.07, 6.45) is -6.14. The van der Waals surface area contributed by atoms with Gasteiger partial charge in [0.25, 0.3) is 11.6 Å². The number of nitrogens with zero attached hydrogens (tertiary/aromatic N) is 1. The van der Waals surface area contributed by atoms with E-state index >= 15 is 0 Å². The summed E-state index contributed by atoms with van der Waals surface area (Å²) in [7, 11) is 1.27. The molecule has 0 unspecified atom stereocenters. The van der Waals surface area contributed by atoms with E-state index in [1.165, 1.54) is 20.9 Å². The fraction of sp³-hybridized carbons (Fsp3) is 0.400. The molecule has 0 aromatic heterocycles. The number of imide groups is 1. The third-order valence-electron chi connectivity index (χ3n) is 3.37. The SMILES string of the molecule is CNC(=O)NC(=O)[C@@H](C)OC(=O)[C@H](C)Nc1ccc(C(F)(F)F)cc1[N+](=O)[O-]. The first-order valence-electron chi connectivity index (χ1n) is 7.72. The maximum atomic E-state index is 12.7. The van der Waals surface area contributed by atoms with Gasteiger partial charge in [-0.3, -0.25) is 20.2 Å². The summed E-state index contributed by atoms with van der Waals surface area (Å²) in [5.41, 5.74) is -2.45. The highest BCUT2D eigenvalue weighted by molar-refractivity contribution is 5.97. The normalized spacial score (nSPS) is 13.1. The molecule has 0 aliphatic rings. The molecule has 3 amide bonds. The second-order valence-corrected chi connectivity index (χ2v) is 5.50. The lowest BCUT2D eigenvalue weighted by Gasteiger charge is -2.18. The number of rotatable bonds is 6. The molecule has 1 rings (SSSR count). The molecule has 0 spiro atoms. The van der Waals surface area contributed by atoms with Crippen LogP contribution in [0.15, 0.2) is 18.2 Å². The molecule has 0 bridgehead atoms. The Bertz CT molecular complexity index is 784. The number of urea groups is 1. The fourth-order valence-corrected chi connectivity index (χ4v) is 1.88. The first-order valence-corrected chi connectivity index (χ1v) is 7.72. The molecule has 0 aliphatic carbocycles. The van der Waals surface area contributed by atoms with Crippen LogP contribution in [0, 0.1) is 10.1 Å². The van der Waals surface area contributed by atoms with Crippen molar-refractivity contribution >= 4 is 29.3 Å². The highest BCUT2D eigenvalue weighted by Crippen LogP contribution is 2.35. The quantitative estimate of drug-likeness (QED) is 0.372. The second kappa shape index (κ2) is 9.01. The monoisotopic (exact) mass is 406 g/mol. The fourth-order valence-electron chi connectivity index (χ4n) is 1.88.